The van der Waals surface area contributed by atoms with Crippen LogP contribution in [0, 0.1) is 34.6 Å². The molecule has 3 unspecified atom stereocenters. The van der Waals surface area contributed by atoms with Crippen molar-refractivity contribution in [1.82, 2.24) is 54.4 Å². The van der Waals surface area contributed by atoms with Gasteiger partial charge < -0.3 is 43.2 Å². The van der Waals surface area contributed by atoms with Crippen LogP contribution >= 0.6 is 0 Å². The van der Waals surface area contributed by atoms with Gasteiger partial charge in [-0.25, -0.2) is 19.9 Å². The molecule has 23 heteroatoms. The molecule has 8 aromatic heterocycles. The maximum absolute atomic E-state index is 12.8. The summed E-state index contributed by atoms with van der Waals surface area (Å²) in [5.74, 6) is 4.20. The number of aromatic amines is 3. The van der Waals surface area contributed by atoms with E-state index in [2.05, 4.69) is 54.8 Å². The lowest BCUT2D eigenvalue weighted by atomic mass is 10.1. The first-order valence-corrected chi connectivity index (χ1v) is 28.0. The smallest absolute Gasteiger partial charge is 0.216 e. The standard InChI is InChI=1S/C19H20N4O3S.C19H18N4O2S.C16H18N4O3S/c1-11-9-21-16(12(2)17(11)25-3)10-27(24)19-22-14-5-4-13(8-15(14)23-19)18-20-6-7-26-18;1-13-17(20-8-7-18(13)25-2)12-26(24)19-21-15-6-5-14(11-16(15)22-19)23-9-3-4-10-23;1-9-7-17-12(10(2)14(9)23-4)8-24(21)16-18-11-5-6-13(22-3)19-15(11)20-16/h4-5,8-9H,6-7,10H2,1-3H3,(H,22,23);3-11H,12H2,1-2H3,(H,21,22);5-7H,8H2,1-4H3,(H,18,19,20). The molecule has 3 N–H and O–H groups in total. The Balaban J connectivity index is 0.000000141. The van der Waals surface area contributed by atoms with E-state index in [0.717, 1.165) is 95.5 Å². The van der Waals surface area contributed by atoms with Crippen molar-refractivity contribution >= 4 is 71.5 Å². The number of aryl methyl sites for hydroxylation is 2. The summed E-state index contributed by atoms with van der Waals surface area (Å²) in [7, 11) is 2.37. The second-order valence-corrected chi connectivity index (χ2v) is 21.7. The fraction of sp³-hybridized carbons (Fsp3) is 0.259. The Morgan fingerprint density at radius 1 is 0.584 bits per heavy atom. The number of nitrogens with one attached hydrogen (secondary N) is 3. The van der Waals surface area contributed by atoms with Gasteiger partial charge in [0.1, 0.15) is 23.9 Å². The topological polar surface area (TPSA) is 252 Å². The van der Waals surface area contributed by atoms with Gasteiger partial charge in [-0.3, -0.25) is 27.6 Å². The van der Waals surface area contributed by atoms with Gasteiger partial charge in [-0.2, -0.15) is 4.98 Å². The van der Waals surface area contributed by atoms with Crippen molar-refractivity contribution < 1.29 is 36.3 Å². The second kappa shape index (κ2) is 23.8. The predicted molar refractivity (Wildman–Crippen MR) is 296 cm³/mol. The highest BCUT2D eigenvalue weighted by Gasteiger charge is 2.20. The van der Waals surface area contributed by atoms with E-state index in [1.54, 1.807) is 65.2 Å². The van der Waals surface area contributed by atoms with Gasteiger partial charge in [0.05, 0.1) is 129 Å². The highest BCUT2D eigenvalue weighted by molar-refractivity contribution is 7.84. The number of methoxy groups -OCH3 is 4. The summed E-state index contributed by atoms with van der Waals surface area (Å²) < 4.78 is 67.0. The van der Waals surface area contributed by atoms with Crippen molar-refractivity contribution in [3.05, 3.63) is 148 Å². The van der Waals surface area contributed by atoms with Crippen molar-refractivity contribution in [1.29, 1.82) is 0 Å². The minimum Gasteiger partial charge on any atom is -0.496 e. The number of nitrogens with zero attached hydrogens (tertiary/aromatic N) is 9. The normalized spacial score (nSPS) is 13.2. The van der Waals surface area contributed by atoms with Crippen molar-refractivity contribution in [3.63, 3.8) is 0 Å². The number of H-pyrrole nitrogens is 3. The number of imidazole rings is 3. The molecule has 0 saturated heterocycles. The molecule has 398 valence electrons. The van der Waals surface area contributed by atoms with Crippen molar-refractivity contribution in [3.8, 4) is 28.8 Å². The minimum atomic E-state index is -1.37. The first-order chi connectivity index (χ1) is 37.2. The summed E-state index contributed by atoms with van der Waals surface area (Å²) in [5, 5.41) is 1.25. The van der Waals surface area contributed by atoms with Gasteiger partial charge in [0.15, 0.2) is 21.1 Å². The predicted octanol–water partition coefficient (Wildman–Crippen LogP) is 8.34. The van der Waals surface area contributed by atoms with Crippen molar-refractivity contribution in [2.24, 2.45) is 4.99 Å². The lowest BCUT2D eigenvalue weighted by molar-refractivity contribution is 0.348. The molecule has 0 aliphatic carbocycles. The first-order valence-electron chi connectivity index (χ1n) is 24.1. The third-order valence-corrected chi connectivity index (χ3v) is 16.1. The Labute approximate surface area is 450 Å². The molecule has 20 nitrogen and oxygen atoms in total. The van der Waals surface area contributed by atoms with Crippen LogP contribution in [0.25, 0.3) is 38.9 Å². The number of pyridine rings is 4. The summed E-state index contributed by atoms with van der Waals surface area (Å²) in [6.07, 6.45) is 9.09. The Kier molecular flexibility index (Phi) is 16.6. The van der Waals surface area contributed by atoms with Crippen LogP contribution in [-0.2, 0) is 54.4 Å². The van der Waals surface area contributed by atoms with Crippen LogP contribution in [0.4, 0.5) is 0 Å². The number of fused-ring (bicyclic) bond motifs is 3. The maximum atomic E-state index is 12.8. The van der Waals surface area contributed by atoms with E-state index in [1.807, 2.05) is 100 Å². The molecule has 2 aromatic carbocycles. The van der Waals surface area contributed by atoms with Crippen LogP contribution in [0.3, 0.4) is 0 Å². The Hall–Kier alpha value is -8.15. The summed E-state index contributed by atoms with van der Waals surface area (Å²) in [6.45, 7) is 10.9. The fourth-order valence-corrected chi connectivity index (χ4v) is 11.8. The van der Waals surface area contributed by atoms with Gasteiger partial charge in [-0.1, -0.05) is 0 Å². The van der Waals surface area contributed by atoms with Gasteiger partial charge in [-0.15, -0.1) is 0 Å². The summed E-state index contributed by atoms with van der Waals surface area (Å²) in [5.41, 5.74) is 13.1. The summed E-state index contributed by atoms with van der Waals surface area (Å²) >= 11 is 0. The number of aliphatic imine (C=N–C) groups is 1. The lowest BCUT2D eigenvalue weighted by Crippen LogP contribution is -2.05. The highest BCUT2D eigenvalue weighted by Crippen LogP contribution is 2.29. The number of rotatable bonds is 15. The van der Waals surface area contributed by atoms with Gasteiger partial charge in [0.25, 0.3) is 0 Å². The second-order valence-electron chi connectivity index (χ2n) is 17.6. The SMILES string of the molecule is COc1c(C)cnc(CS(=O)c2nc3ccc(C4=NCCO4)cc3[nH]2)c1C.COc1ccc2[nH]c(S(=O)Cc3ncc(C)c(OC)c3C)nc2n1.COc1ccnc(CS(=O)c2nc3ccc(-n4cccc4)cc3[nH]2)c1C. The average molecular weight is 1100 g/mol. The molecule has 9 heterocycles. The highest BCUT2D eigenvalue weighted by atomic mass is 32.2. The van der Waals surface area contributed by atoms with Crippen molar-refractivity contribution in [2.45, 2.75) is 67.3 Å². The molecule has 0 bridgehead atoms. The number of ether oxygens (including phenoxy) is 5. The monoisotopic (exact) mass is 1100 g/mol. The number of benzene rings is 2. The molecule has 0 fully saturated rings. The van der Waals surface area contributed by atoms with Gasteiger partial charge in [0.2, 0.25) is 11.8 Å². The van der Waals surface area contributed by atoms with Crippen molar-refractivity contribution in [2.75, 3.05) is 41.6 Å². The molecule has 1 aliphatic heterocycles. The Bertz CT molecular complexity index is 3870. The summed E-state index contributed by atoms with van der Waals surface area (Å²) in [6, 6.07) is 20.9. The van der Waals surface area contributed by atoms with Crippen LogP contribution in [0.2, 0.25) is 0 Å². The Morgan fingerprint density at radius 2 is 1.14 bits per heavy atom. The van der Waals surface area contributed by atoms with Crippen LogP contribution < -0.4 is 18.9 Å². The molecule has 1 aliphatic rings. The molecule has 3 atom stereocenters. The molecule has 0 radical (unpaired) electrons. The molecular weight excluding hydrogens is 1040 g/mol. The molecule has 11 rings (SSSR count). The van der Waals surface area contributed by atoms with Crippen LogP contribution in [0.1, 0.15) is 50.5 Å². The first kappa shape index (κ1) is 53.7. The Morgan fingerprint density at radius 3 is 1.70 bits per heavy atom. The number of hydrogen-bond acceptors (Lipinski definition) is 16. The molecule has 10 aromatic rings. The molecule has 0 amide bonds. The van der Waals surface area contributed by atoms with Crippen LogP contribution in [-0.4, -0.2) is 115 Å². The maximum Gasteiger partial charge on any atom is 0.216 e. The zero-order valence-electron chi connectivity index (χ0n) is 43.8. The van der Waals surface area contributed by atoms with E-state index >= 15 is 0 Å². The van der Waals surface area contributed by atoms with E-state index in [-0.39, 0.29) is 17.3 Å². The van der Waals surface area contributed by atoms with E-state index in [1.165, 1.54) is 0 Å². The van der Waals surface area contributed by atoms with E-state index in [9.17, 15) is 12.6 Å². The van der Waals surface area contributed by atoms with Crippen LogP contribution in [0.15, 0.2) is 118 Å². The minimum absolute atomic E-state index is 0.249. The number of hydrogen-bond donors (Lipinski definition) is 3. The summed E-state index contributed by atoms with van der Waals surface area (Å²) in [4.78, 5) is 44.3. The quantitative estimate of drug-likeness (QED) is 0.0872. The molecule has 0 spiro atoms. The molecular formula is C54H56N12O8S3. The lowest BCUT2D eigenvalue weighted by Gasteiger charge is -2.11. The third kappa shape index (κ3) is 12.0. The van der Waals surface area contributed by atoms with E-state index in [0.29, 0.717) is 51.6 Å². The zero-order chi connectivity index (χ0) is 54.3. The fourth-order valence-electron chi connectivity index (χ4n) is 8.50. The largest absolute Gasteiger partial charge is 0.496 e. The number of aromatic nitrogens is 11. The average Bonchev–Trinajstić information content (AvgIpc) is 4.33. The van der Waals surface area contributed by atoms with E-state index in [4.69, 9.17) is 23.7 Å². The zero-order valence-corrected chi connectivity index (χ0v) is 46.2. The molecule has 77 heavy (non-hydrogen) atoms. The van der Waals surface area contributed by atoms with Gasteiger partial charge in [0, 0.05) is 76.1 Å². The van der Waals surface area contributed by atoms with Gasteiger partial charge >= 0.3 is 0 Å². The van der Waals surface area contributed by atoms with Gasteiger partial charge in [-0.05, 0) is 95.3 Å². The third-order valence-electron chi connectivity index (χ3n) is 12.6. The molecule has 0 saturated carbocycles. The van der Waals surface area contributed by atoms with E-state index < -0.39 is 32.4 Å². The van der Waals surface area contributed by atoms with Crippen LogP contribution in [0.5, 0.6) is 23.1 Å².